The smallest absolute Gasteiger partial charge is 0.273 e. The third-order valence-corrected chi connectivity index (χ3v) is 4.22. The van der Waals surface area contributed by atoms with E-state index >= 15 is 0 Å². The summed E-state index contributed by atoms with van der Waals surface area (Å²) in [5.41, 5.74) is 2.18. The Kier molecular flexibility index (Phi) is 6.34. The van der Waals surface area contributed by atoms with Crippen molar-refractivity contribution in [3.63, 3.8) is 0 Å². The van der Waals surface area contributed by atoms with Gasteiger partial charge in [-0.25, -0.2) is 0 Å². The second-order valence-corrected chi connectivity index (χ2v) is 6.43. The number of carbonyl (C=O) groups is 1. The van der Waals surface area contributed by atoms with Gasteiger partial charge in [-0.2, -0.15) is 5.10 Å². The lowest BCUT2D eigenvalue weighted by molar-refractivity contribution is 0.102. The van der Waals surface area contributed by atoms with E-state index in [2.05, 4.69) is 15.5 Å². The summed E-state index contributed by atoms with van der Waals surface area (Å²) in [6, 6.07) is 14.0. The van der Waals surface area contributed by atoms with E-state index < -0.39 is 0 Å². The third-order valence-electron chi connectivity index (χ3n) is 3.69. The lowest BCUT2D eigenvalue weighted by atomic mass is 10.1. The van der Waals surface area contributed by atoms with E-state index in [0.29, 0.717) is 46.1 Å². The lowest BCUT2D eigenvalue weighted by Gasteiger charge is -2.13. The number of benzene rings is 2. The standard InChI is InChI=1S/C19H17Cl2N3O3/c1-26-8-9-27-18-14(21)6-3-7-15(18)22-19(25)17-11-16(23-24-17)12-4-2-5-13(20)10-12/h2-7,10-11H,8-9H2,1H3,(H,22,25)(H,23,24). The average Bonchev–Trinajstić information content (AvgIpc) is 3.14. The molecule has 1 aromatic heterocycles. The van der Waals surface area contributed by atoms with Gasteiger partial charge in [0, 0.05) is 17.7 Å². The molecule has 27 heavy (non-hydrogen) atoms. The Labute approximate surface area is 166 Å². The molecule has 2 N–H and O–H groups in total. The Morgan fingerprint density at radius 3 is 2.74 bits per heavy atom. The second-order valence-electron chi connectivity index (χ2n) is 5.59. The van der Waals surface area contributed by atoms with Crippen LogP contribution in [0, 0.1) is 0 Å². The van der Waals surface area contributed by atoms with Crippen molar-refractivity contribution in [1.29, 1.82) is 0 Å². The molecule has 0 aliphatic rings. The summed E-state index contributed by atoms with van der Waals surface area (Å²) >= 11 is 12.2. The summed E-state index contributed by atoms with van der Waals surface area (Å²) < 4.78 is 10.6. The van der Waals surface area contributed by atoms with Crippen LogP contribution in [0.15, 0.2) is 48.5 Å². The highest BCUT2D eigenvalue weighted by Gasteiger charge is 2.15. The third kappa shape index (κ3) is 4.80. The number of anilines is 1. The number of nitrogens with zero attached hydrogens (tertiary/aromatic N) is 1. The van der Waals surface area contributed by atoms with Crippen molar-refractivity contribution in [1.82, 2.24) is 10.2 Å². The van der Waals surface area contributed by atoms with E-state index in [1.807, 2.05) is 12.1 Å². The lowest BCUT2D eigenvalue weighted by Crippen LogP contribution is -2.14. The van der Waals surface area contributed by atoms with E-state index in [1.165, 1.54) is 0 Å². The molecule has 1 amide bonds. The molecule has 6 nitrogen and oxygen atoms in total. The summed E-state index contributed by atoms with van der Waals surface area (Å²) in [5.74, 6) is 0.0220. The van der Waals surface area contributed by atoms with E-state index in [-0.39, 0.29) is 5.91 Å². The largest absolute Gasteiger partial charge is 0.487 e. The molecule has 0 unspecified atom stereocenters. The zero-order chi connectivity index (χ0) is 19.2. The molecule has 0 bridgehead atoms. The fourth-order valence-electron chi connectivity index (χ4n) is 2.40. The molecule has 2 aromatic carbocycles. The molecule has 0 aliphatic heterocycles. The highest BCUT2D eigenvalue weighted by Crippen LogP contribution is 2.33. The Balaban J connectivity index is 1.77. The first-order valence-electron chi connectivity index (χ1n) is 8.11. The first kappa shape index (κ1) is 19.2. The summed E-state index contributed by atoms with van der Waals surface area (Å²) in [5, 5.41) is 10.7. The van der Waals surface area contributed by atoms with Crippen LogP contribution >= 0.6 is 23.2 Å². The van der Waals surface area contributed by atoms with Crippen molar-refractivity contribution >= 4 is 34.8 Å². The molecule has 140 valence electrons. The molecule has 0 radical (unpaired) electrons. The van der Waals surface area contributed by atoms with Crippen molar-refractivity contribution in [2.45, 2.75) is 0 Å². The number of carbonyl (C=O) groups excluding carboxylic acids is 1. The van der Waals surface area contributed by atoms with Crippen LogP contribution in [-0.2, 0) is 4.74 Å². The number of halogens is 2. The molecule has 0 spiro atoms. The molecular weight excluding hydrogens is 389 g/mol. The van der Waals surface area contributed by atoms with Crippen molar-refractivity contribution in [2.24, 2.45) is 0 Å². The van der Waals surface area contributed by atoms with Crippen LogP contribution < -0.4 is 10.1 Å². The number of aromatic nitrogens is 2. The van der Waals surface area contributed by atoms with Crippen molar-refractivity contribution < 1.29 is 14.3 Å². The van der Waals surface area contributed by atoms with Crippen LogP contribution in [0.4, 0.5) is 5.69 Å². The second kappa shape index (κ2) is 8.90. The van der Waals surface area contributed by atoms with Crippen LogP contribution in [0.1, 0.15) is 10.5 Å². The first-order valence-corrected chi connectivity index (χ1v) is 8.87. The molecule has 3 aromatic rings. The molecule has 1 heterocycles. The van der Waals surface area contributed by atoms with E-state index in [9.17, 15) is 4.79 Å². The van der Waals surface area contributed by atoms with Crippen LogP contribution in [0.2, 0.25) is 10.0 Å². The Morgan fingerprint density at radius 1 is 1.15 bits per heavy atom. The van der Waals surface area contributed by atoms with Gasteiger partial charge in [0.05, 0.1) is 23.0 Å². The maximum absolute atomic E-state index is 12.6. The Hall–Kier alpha value is -2.54. The van der Waals surface area contributed by atoms with Gasteiger partial charge < -0.3 is 14.8 Å². The number of hydrogen-bond acceptors (Lipinski definition) is 4. The minimum atomic E-state index is -0.366. The average molecular weight is 406 g/mol. The molecule has 0 atom stereocenters. The van der Waals surface area contributed by atoms with Crippen LogP contribution in [-0.4, -0.2) is 36.4 Å². The van der Waals surface area contributed by atoms with E-state index in [1.54, 1.807) is 43.5 Å². The summed E-state index contributed by atoms with van der Waals surface area (Å²) in [4.78, 5) is 12.6. The maximum atomic E-state index is 12.6. The van der Waals surface area contributed by atoms with Crippen LogP contribution in [0.25, 0.3) is 11.3 Å². The Morgan fingerprint density at radius 2 is 1.96 bits per heavy atom. The highest BCUT2D eigenvalue weighted by atomic mass is 35.5. The number of ether oxygens (including phenoxy) is 2. The van der Waals surface area contributed by atoms with Gasteiger partial charge in [-0.15, -0.1) is 0 Å². The minimum Gasteiger partial charge on any atom is -0.487 e. The van der Waals surface area contributed by atoms with Gasteiger partial charge >= 0.3 is 0 Å². The number of methoxy groups -OCH3 is 1. The normalized spacial score (nSPS) is 10.6. The summed E-state index contributed by atoms with van der Waals surface area (Å²) in [6.45, 7) is 0.716. The van der Waals surface area contributed by atoms with Crippen LogP contribution in [0.5, 0.6) is 5.75 Å². The predicted octanol–water partition coefficient (Wildman–Crippen LogP) is 4.66. The fourth-order valence-corrected chi connectivity index (χ4v) is 2.82. The molecule has 3 rings (SSSR count). The number of amides is 1. The SMILES string of the molecule is COCCOc1c(Cl)cccc1NC(=O)c1cc(-c2cccc(Cl)c2)n[nH]1. The summed E-state index contributed by atoms with van der Waals surface area (Å²) in [7, 11) is 1.58. The van der Waals surface area contributed by atoms with Gasteiger partial charge in [-0.05, 0) is 30.3 Å². The Bertz CT molecular complexity index is 943. The van der Waals surface area contributed by atoms with Crippen molar-refractivity contribution in [3.05, 3.63) is 64.3 Å². The van der Waals surface area contributed by atoms with Gasteiger partial charge in [-0.3, -0.25) is 9.89 Å². The first-order chi connectivity index (χ1) is 13.1. The minimum absolute atomic E-state index is 0.299. The topological polar surface area (TPSA) is 76.2 Å². The number of hydrogen-bond donors (Lipinski definition) is 2. The molecule has 0 saturated carbocycles. The number of H-pyrrole nitrogens is 1. The van der Waals surface area contributed by atoms with Crippen molar-refractivity contribution in [3.8, 4) is 17.0 Å². The highest BCUT2D eigenvalue weighted by molar-refractivity contribution is 6.32. The molecule has 0 fully saturated rings. The summed E-state index contributed by atoms with van der Waals surface area (Å²) in [6.07, 6.45) is 0. The molecule has 8 heteroatoms. The number of aromatic amines is 1. The maximum Gasteiger partial charge on any atom is 0.273 e. The number of rotatable bonds is 7. The number of nitrogens with one attached hydrogen (secondary N) is 2. The van der Waals surface area contributed by atoms with Gasteiger partial charge in [0.1, 0.15) is 12.3 Å². The molecule has 0 aliphatic carbocycles. The monoisotopic (exact) mass is 405 g/mol. The zero-order valence-corrected chi connectivity index (χ0v) is 16.0. The van der Waals surface area contributed by atoms with Gasteiger partial charge in [0.25, 0.3) is 5.91 Å². The van der Waals surface area contributed by atoms with Crippen LogP contribution in [0.3, 0.4) is 0 Å². The fraction of sp³-hybridized carbons (Fsp3) is 0.158. The number of para-hydroxylation sites is 1. The molecular formula is C19H17Cl2N3O3. The van der Waals surface area contributed by atoms with E-state index in [0.717, 1.165) is 5.56 Å². The van der Waals surface area contributed by atoms with E-state index in [4.69, 9.17) is 32.7 Å². The molecule has 0 saturated heterocycles. The van der Waals surface area contributed by atoms with Crippen molar-refractivity contribution in [2.75, 3.05) is 25.6 Å². The van der Waals surface area contributed by atoms with Gasteiger partial charge in [0.15, 0.2) is 5.75 Å². The zero-order valence-electron chi connectivity index (χ0n) is 14.5. The van der Waals surface area contributed by atoms with Gasteiger partial charge in [-0.1, -0.05) is 41.4 Å². The van der Waals surface area contributed by atoms with Gasteiger partial charge in [0.2, 0.25) is 0 Å². The quantitative estimate of drug-likeness (QED) is 0.560. The predicted molar refractivity (Wildman–Crippen MR) is 106 cm³/mol.